The minimum Gasteiger partial charge on any atom is -0.449 e. The third-order valence-electron chi connectivity index (χ3n) is 5.14. The molecule has 2 aromatic heterocycles. The first kappa shape index (κ1) is 22.2. The van der Waals surface area contributed by atoms with E-state index in [-0.39, 0.29) is 11.2 Å². The fraction of sp³-hybridized carbons (Fsp3) is 0.167. The Bertz CT molecular complexity index is 1380. The molecule has 1 amide bonds. The molecule has 0 aliphatic carbocycles. The second kappa shape index (κ2) is 9.25. The summed E-state index contributed by atoms with van der Waals surface area (Å²) in [6.07, 6.45) is 1.69. The number of hydrogen-bond donors (Lipinski definition) is 1. The number of rotatable bonds is 6. The summed E-state index contributed by atoms with van der Waals surface area (Å²) in [5.41, 5.74) is 1.87. The highest BCUT2D eigenvalue weighted by atomic mass is 32.1. The van der Waals surface area contributed by atoms with Gasteiger partial charge in [0, 0.05) is 13.1 Å². The first-order valence-corrected chi connectivity index (χ1v) is 11.1. The Labute approximate surface area is 193 Å². The molecule has 2 heterocycles. The lowest BCUT2D eigenvalue weighted by Gasteiger charge is -2.11. The predicted molar refractivity (Wildman–Crippen MR) is 129 cm³/mol. The maximum Gasteiger partial charge on any atom is 0.331 e. The molecule has 0 saturated carbocycles. The third kappa shape index (κ3) is 4.63. The molecule has 2 aromatic carbocycles. The van der Waals surface area contributed by atoms with Gasteiger partial charge in [-0.3, -0.25) is 14.3 Å². The maximum absolute atomic E-state index is 12.9. The molecule has 33 heavy (non-hydrogen) atoms. The number of nitrogens with one attached hydrogen (secondary N) is 1. The van der Waals surface area contributed by atoms with Crippen molar-refractivity contribution in [2.24, 2.45) is 7.05 Å². The molecule has 4 rings (SSSR count). The van der Waals surface area contributed by atoms with E-state index < -0.39 is 18.0 Å². The minimum absolute atomic E-state index is 0.138. The molecule has 1 N–H and O–H groups in total. The number of ether oxygens (including phenoxy) is 1. The van der Waals surface area contributed by atoms with E-state index in [9.17, 15) is 14.4 Å². The molecule has 0 fully saturated rings. The van der Waals surface area contributed by atoms with E-state index in [1.54, 1.807) is 36.9 Å². The SMILES string of the molecule is Cc1c(NC(=O)[C@@H](C)OC(=O)/C=C/c2nc3ccccc3s2)c(=O)n(-c2ccccc2)n1C. The van der Waals surface area contributed by atoms with Crippen LogP contribution in [0, 0.1) is 6.92 Å². The van der Waals surface area contributed by atoms with Crippen molar-refractivity contribution in [2.75, 3.05) is 5.32 Å². The number of para-hydroxylation sites is 2. The maximum atomic E-state index is 12.9. The fourth-order valence-corrected chi connectivity index (χ4v) is 4.18. The van der Waals surface area contributed by atoms with Crippen molar-refractivity contribution in [1.29, 1.82) is 0 Å². The van der Waals surface area contributed by atoms with Gasteiger partial charge in [-0.05, 0) is 44.2 Å². The van der Waals surface area contributed by atoms with Gasteiger partial charge in [0.15, 0.2) is 6.10 Å². The minimum atomic E-state index is -1.10. The Hall–Kier alpha value is -3.98. The fourth-order valence-electron chi connectivity index (χ4n) is 3.30. The Kier molecular flexibility index (Phi) is 6.23. The first-order chi connectivity index (χ1) is 15.8. The number of esters is 1. The molecule has 4 aromatic rings. The van der Waals surface area contributed by atoms with E-state index in [0.29, 0.717) is 16.4 Å². The number of fused-ring (bicyclic) bond motifs is 1. The van der Waals surface area contributed by atoms with Crippen molar-refractivity contribution in [3.63, 3.8) is 0 Å². The van der Waals surface area contributed by atoms with Crippen LogP contribution in [0.3, 0.4) is 0 Å². The van der Waals surface area contributed by atoms with Crippen LogP contribution in [0.5, 0.6) is 0 Å². The van der Waals surface area contributed by atoms with Crippen LogP contribution in [-0.2, 0) is 21.4 Å². The van der Waals surface area contributed by atoms with Crippen molar-refractivity contribution in [2.45, 2.75) is 20.0 Å². The summed E-state index contributed by atoms with van der Waals surface area (Å²) in [5.74, 6) is -1.27. The number of benzene rings is 2. The molecule has 168 valence electrons. The Morgan fingerprint density at radius 2 is 1.82 bits per heavy atom. The zero-order chi connectivity index (χ0) is 23.5. The standard InChI is InChI=1S/C24H22N4O4S/c1-15-22(24(31)28(27(15)3)17-9-5-4-6-10-17)26-23(30)16(2)32-21(29)14-13-20-25-18-11-7-8-12-19(18)33-20/h4-14,16H,1-3H3,(H,26,30)/b14-13+/t16-/m1/s1. The van der Waals surface area contributed by atoms with Crippen LogP contribution >= 0.6 is 11.3 Å². The molecule has 0 spiro atoms. The zero-order valence-corrected chi connectivity index (χ0v) is 19.1. The number of thiazole rings is 1. The van der Waals surface area contributed by atoms with Gasteiger partial charge in [0.2, 0.25) is 0 Å². The predicted octanol–water partition coefficient (Wildman–Crippen LogP) is 3.68. The summed E-state index contributed by atoms with van der Waals surface area (Å²) in [6, 6.07) is 16.8. The highest BCUT2D eigenvalue weighted by molar-refractivity contribution is 7.19. The quantitative estimate of drug-likeness (QED) is 0.348. The van der Waals surface area contributed by atoms with E-state index in [0.717, 1.165) is 10.2 Å². The summed E-state index contributed by atoms with van der Waals surface area (Å²) in [7, 11) is 1.73. The van der Waals surface area contributed by atoms with Gasteiger partial charge in [-0.1, -0.05) is 30.3 Å². The van der Waals surface area contributed by atoms with Crippen molar-refractivity contribution in [1.82, 2.24) is 14.3 Å². The average molecular weight is 463 g/mol. The molecule has 0 saturated heterocycles. The van der Waals surface area contributed by atoms with Crippen LogP contribution in [0.1, 0.15) is 17.6 Å². The molecule has 0 aliphatic heterocycles. The molecule has 0 radical (unpaired) electrons. The van der Waals surface area contributed by atoms with Crippen LogP contribution in [0.25, 0.3) is 22.0 Å². The second-order valence-corrected chi connectivity index (χ2v) is 8.42. The Morgan fingerprint density at radius 3 is 2.55 bits per heavy atom. The summed E-state index contributed by atoms with van der Waals surface area (Å²) in [4.78, 5) is 42.2. The van der Waals surface area contributed by atoms with Gasteiger partial charge in [0.05, 0.1) is 21.6 Å². The van der Waals surface area contributed by atoms with Crippen LogP contribution < -0.4 is 10.9 Å². The smallest absolute Gasteiger partial charge is 0.331 e. The Morgan fingerprint density at radius 1 is 1.12 bits per heavy atom. The van der Waals surface area contributed by atoms with E-state index in [4.69, 9.17) is 4.74 Å². The zero-order valence-electron chi connectivity index (χ0n) is 18.3. The first-order valence-electron chi connectivity index (χ1n) is 10.2. The van der Waals surface area contributed by atoms with Crippen molar-refractivity contribution < 1.29 is 14.3 Å². The molecular formula is C24H22N4O4S. The van der Waals surface area contributed by atoms with Crippen LogP contribution in [-0.4, -0.2) is 32.3 Å². The number of aromatic nitrogens is 3. The third-order valence-corrected chi connectivity index (χ3v) is 6.14. The molecule has 1 atom stereocenters. The summed E-state index contributed by atoms with van der Waals surface area (Å²) >= 11 is 1.45. The van der Waals surface area contributed by atoms with E-state index in [2.05, 4.69) is 10.3 Å². The van der Waals surface area contributed by atoms with Gasteiger partial charge >= 0.3 is 5.97 Å². The number of amides is 1. The highest BCUT2D eigenvalue weighted by Gasteiger charge is 2.22. The average Bonchev–Trinajstić information content (AvgIpc) is 3.32. The number of nitrogens with zero attached hydrogens (tertiary/aromatic N) is 3. The topological polar surface area (TPSA) is 95.2 Å². The van der Waals surface area contributed by atoms with Gasteiger partial charge in [-0.15, -0.1) is 11.3 Å². The normalized spacial score (nSPS) is 12.2. The lowest BCUT2D eigenvalue weighted by Crippen LogP contribution is -2.31. The van der Waals surface area contributed by atoms with Gasteiger partial charge in [-0.2, -0.15) is 0 Å². The lowest BCUT2D eigenvalue weighted by molar-refractivity contribution is -0.148. The van der Waals surface area contributed by atoms with Crippen LogP contribution in [0.4, 0.5) is 5.69 Å². The van der Waals surface area contributed by atoms with E-state index in [1.807, 2.05) is 42.5 Å². The summed E-state index contributed by atoms with van der Waals surface area (Å²) < 4.78 is 9.33. The molecule has 9 heteroatoms. The number of hydrogen-bond acceptors (Lipinski definition) is 6. The van der Waals surface area contributed by atoms with Gasteiger partial charge in [0.1, 0.15) is 10.7 Å². The molecule has 8 nitrogen and oxygen atoms in total. The largest absolute Gasteiger partial charge is 0.449 e. The molecular weight excluding hydrogens is 440 g/mol. The van der Waals surface area contributed by atoms with Crippen molar-refractivity contribution in [3.8, 4) is 5.69 Å². The monoisotopic (exact) mass is 462 g/mol. The van der Waals surface area contributed by atoms with Gasteiger partial charge in [-0.25, -0.2) is 14.5 Å². The van der Waals surface area contributed by atoms with E-state index in [1.165, 1.54) is 29.0 Å². The molecule has 0 aliphatic rings. The summed E-state index contributed by atoms with van der Waals surface area (Å²) in [6.45, 7) is 3.18. The van der Waals surface area contributed by atoms with Gasteiger partial charge in [0.25, 0.3) is 11.5 Å². The van der Waals surface area contributed by atoms with Crippen molar-refractivity contribution in [3.05, 3.63) is 81.7 Å². The molecule has 0 unspecified atom stereocenters. The Balaban J connectivity index is 1.43. The number of anilines is 1. The number of carbonyl (C=O) groups is 2. The summed E-state index contributed by atoms with van der Waals surface area (Å²) in [5, 5.41) is 3.26. The van der Waals surface area contributed by atoms with Crippen LogP contribution in [0.15, 0.2) is 65.5 Å². The van der Waals surface area contributed by atoms with Crippen LogP contribution in [0.2, 0.25) is 0 Å². The molecule has 0 bridgehead atoms. The highest BCUT2D eigenvalue weighted by Crippen LogP contribution is 2.22. The second-order valence-electron chi connectivity index (χ2n) is 7.36. The van der Waals surface area contributed by atoms with Gasteiger partial charge < -0.3 is 10.1 Å². The lowest BCUT2D eigenvalue weighted by atomic mass is 10.3. The van der Waals surface area contributed by atoms with E-state index >= 15 is 0 Å². The van der Waals surface area contributed by atoms with Crippen molar-refractivity contribution >= 4 is 45.2 Å². The number of carbonyl (C=O) groups excluding carboxylic acids is 2.